The van der Waals surface area contributed by atoms with Crippen molar-refractivity contribution in [3.8, 4) is 0 Å². The molecule has 1 heterocycles. The lowest BCUT2D eigenvalue weighted by Gasteiger charge is -2.16. The van der Waals surface area contributed by atoms with Gasteiger partial charge in [-0.25, -0.2) is 0 Å². The van der Waals surface area contributed by atoms with Gasteiger partial charge in [-0.1, -0.05) is 72.8 Å². The van der Waals surface area contributed by atoms with Gasteiger partial charge in [0, 0.05) is 25.1 Å². The van der Waals surface area contributed by atoms with Gasteiger partial charge in [-0.15, -0.1) is 0 Å². The third kappa shape index (κ3) is 3.49. The third-order valence-corrected chi connectivity index (χ3v) is 5.29. The fourth-order valence-corrected chi connectivity index (χ4v) is 3.90. The summed E-state index contributed by atoms with van der Waals surface area (Å²) in [7, 11) is 0. The van der Waals surface area contributed by atoms with Gasteiger partial charge in [0.25, 0.3) is 0 Å². The molecule has 2 heteroatoms. The Hall–Kier alpha value is -2.45. The number of Topliss-reactive ketones (excluding diaryl/α,β-unsaturated/α-hetero) is 1. The van der Waals surface area contributed by atoms with E-state index in [4.69, 9.17) is 0 Å². The van der Waals surface area contributed by atoms with Gasteiger partial charge in [0.1, 0.15) is 0 Å². The van der Waals surface area contributed by atoms with Gasteiger partial charge >= 0.3 is 0 Å². The molecule has 0 unspecified atom stereocenters. The van der Waals surface area contributed by atoms with E-state index in [0.717, 1.165) is 36.0 Å². The maximum atomic E-state index is 12.7. The molecule has 2 nitrogen and oxygen atoms in total. The summed E-state index contributed by atoms with van der Waals surface area (Å²) in [5.74, 6) is 0.855. The van der Waals surface area contributed by atoms with E-state index in [1.165, 1.54) is 12.0 Å². The Bertz CT molecular complexity index is 866. The van der Waals surface area contributed by atoms with Gasteiger partial charge in [0.15, 0.2) is 5.78 Å². The van der Waals surface area contributed by atoms with Crippen LogP contribution in [0.3, 0.4) is 0 Å². The summed E-state index contributed by atoms with van der Waals surface area (Å²) in [4.78, 5) is 15.2. The second-order valence-electron chi connectivity index (χ2n) is 6.90. The fourth-order valence-electron chi connectivity index (χ4n) is 3.90. The number of hydrogen-bond acceptors (Lipinski definition) is 2. The van der Waals surface area contributed by atoms with Crippen molar-refractivity contribution in [2.24, 2.45) is 0 Å². The van der Waals surface area contributed by atoms with E-state index in [1.807, 2.05) is 30.3 Å². The smallest absolute Gasteiger partial charge is 0.164 e. The van der Waals surface area contributed by atoms with E-state index in [1.54, 1.807) is 0 Å². The van der Waals surface area contributed by atoms with E-state index in [0.29, 0.717) is 12.3 Å². The standard InChI is InChI=1S/C23H23NO/c25-23(22-12-6-10-19-9-4-5-11-21(19)22)14-16-24-15-13-20(17-24)18-7-2-1-3-8-18/h1-12,20H,13-17H2/t20-/m0/s1. The molecule has 0 aromatic heterocycles. The van der Waals surface area contributed by atoms with Gasteiger partial charge in [-0.3, -0.25) is 4.79 Å². The summed E-state index contributed by atoms with van der Waals surface area (Å²) < 4.78 is 0. The second-order valence-corrected chi connectivity index (χ2v) is 6.90. The van der Waals surface area contributed by atoms with Crippen molar-refractivity contribution >= 4 is 16.6 Å². The Morgan fingerprint density at radius 2 is 1.68 bits per heavy atom. The van der Waals surface area contributed by atoms with Crippen LogP contribution in [0.4, 0.5) is 0 Å². The first-order valence-electron chi connectivity index (χ1n) is 9.09. The van der Waals surface area contributed by atoms with Crippen molar-refractivity contribution in [2.45, 2.75) is 18.8 Å². The number of ketones is 1. The van der Waals surface area contributed by atoms with Crippen LogP contribution in [0.25, 0.3) is 10.8 Å². The number of rotatable bonds is 5. The first-order chi connectivity index (χ1) is 12.3. The predicted molar refractivity (Wildman–Crippen MR) is 103 cm³/mol. The molecular formula is C23H23NO. The lowest BCUT2D eigenvalue weighted by Crippen LogP contribution is -2.23. The number of carbonyl (C=O) groups is 1. The van der Waals surface area contributed by atoms with Crippen molar-refractivity contribution in [3.05, 3.63) is 83.9 Å². The molecule has 1 aliphatic rings. The molecule has 1 saturated heterocycles. The fraction of sp³-hybridized carbons (Fsp3) is 0.261. The monoisotopic (exact) mass is 329 g/mol. The lowest BCUT2D eigenvalue weighted by molar-refractivity contribution is 0.0970. The summed E-state index contributed by atoms with van der Waals surface area (Å²) >= 11 is 0. The minimum absolute atomic E-state index is 0.250. The van der Waals surface area contributed by atoms with Gasteiger partial charge in [0.2, 0.25) is 0 Å². The molecule has 0 bridgehead atoms. The zero-order valence-electron chi connectivity index (χ0n) is 14.4. The molecule has 0 radical (unpaired) electrons. The molecular weight excluding hydrogens is 306 g/mol. The van der Waals surface area contributed by atoms with E-state index < -0.39 is 0 Å². The third-order valence-electron chi connectivity index (χ3n) is 5.29. The van der Waals surface area contributed by atoms with Gasteiger partial charge in [-0.2, -0.15) is 0 Å². The summed E-state index contributed by atoms with van der Waals surface area (Å²) in [6.45, 7) is 3.00. The van der Waals surface area contributed by atoms with Crippen molar-refractivity contribution < 1.29 is 4.79 Å². The molecule has 3 aromatic carbocycles. The molecule has 1 fully saturated rings. The molecule has 4 rings (SSSR count). The zero-order valence-corrected chi connectivity index (χ0v) is 14.4. The van der Waals surface area contributed by atoms with Crippen LogP contribution in [0.2, 0.25) is 0 Å². The number of benzene rings is 3. The van der Waals surface area contributed by atoms with E-state index in [2.05, 4.69) is 47.4 Å². The molecule has 1 atom stereocenters. The minimum Gasteiger partial charge on any atom is -0.302 e. The zero-order chi connectivity index (χ0) is 17.1. The van der Waals surface area contributed by atoms with Crippen LogP contribution >= 0.6 is 0 Å². The molecule has 0 N–H and O–H groups in total. The lowest BCUT2D eigenvalue weighted by atomic mass is 9.99. The number of hydrogen-bond donors (Lipinski definition) is 0. The SMILES string of the molecule is O=C(CCN1CC[C@H](c2ccccc2)C1)c1cccc2ccccc12. The van der Waals surface area contributed by atoms with Crippen molar-refractivity contribution in [1.82, 2.24) is 4.90 Å². The van der Waals surface area contributed by atoms with Crippen molar-refractivity contribution in [3.63, 3.8) is 0 Å². The summed E-state index contributed by atoms with van der Waals surface area (Å²) in [6.07, 6.45) is 1.78. The Kier molecular flexibility index (Phi) is 4.62. The minimum atomic E-state index is 0.250. The van der Waals surface area contributed by atoms with Crippen LogP contribution in [-0.4, -0.2) is 30.3 Å². The Morgan fingerprint density at radius 3 is 2.56 bits per heavy atom. The maximum absolute atomic E-state index is 12.7. The number of fused-ring (bicyclic) bond motifs is 1. The molecule has 1 aliphatic heterocycles. The van der Waals surface area contributed by atoms with Crippen molar-refractivity contribution in [2.75, 3.05) is 19.6 Å². The highest BCUT2D eigenvalue weighted by atomic mass is 16.1. The molecule has 0 aliphatic carbocycles. The summed E-state index contributed by atoms with van der Waals surface area (Å²) in [5.41, 5.74) is 2.28. The highest BCUT2D eigenvalue weighted by molar-refractivity contribution is 6.08. The number of carbonyl (C=O) groups excluding carboxylic acids is 1. The van der Waals surface area contributed by atoms with Gasteiger partial charge in [0.05, 0.1) is 0 Å². The van der Waals surface area contributed by atoms with Crippen LogP contribution in [0.1, 0.15) is 34.7 Å². The largest absolute Gasteiger partial charge is 0.302 e. The number of likely N-dealkylation sites (tertiary alicyclic amines) is 1. The van der Waals surface area contributed by atoms with E-state index >= 15 is 0 Å². The summed E-state index contributed by atoms with van der Waals surface area (Å²) in [6, 6.07) is 24.9. The Labute approximate surface area is 149 Å². The quantitative estimate of drug-likeness (QED) is 0.620. The molecule has 0 saturated carbocycles. The topological polar surface area (TPSA) is 20.3 Å². The number of nitrogens with zero attached hydrogens (tertiary/aromatic N) is 1. The first kappa shape index (κ1) is 16.0. The first-order valence-corrected chi connectivity index (χ1v) is 9.09. The van der Waals surface area contributed by atoms with Gasteiger partial charge < -0.3 is 4.90 Å². The predicted octanol–water partition coefficient (Wildman–Crippen LogP) is 4.90. The molecule has 0 spiro atoms. The summed E-state index contributed by atoms with van der Waals surface area (Å²) in [5, 5.41) is 2.21. The Morgan fingerprint density at radius 1 is 0.920 bits per heavy atom. The Balaban J connectivity index is 1.39. The van der Waals surface area contributed by atoms with Crippen LogP contribution in [0, 0.1) is 0 Å². The normalized spacial score (nSPS) is 17.8. The average Bonchev–Trinajstić information content (AvgIpc) is 3.15. The van der Waals surface area contributed by atoms with Gasteiger partial charge in [-0.05, 0) is 35.2 Å². The van der Waals surface area contributed by atoms with Crippen LogP contribution < -0.4 is 0 Å². The maximum Gasteiger partial charge on any atom is 0.164 e. The molecule has 3 aromatic rings. The van der Waals surface area contributed by atoms with E-state index in [9.17, 15) is 4.79 Å². The highest BCUT2D eigenvalue weighted by Gasteiger charge is 2.24. The van der Waals surface area contributed by atoms with Crippen LogP contribution in [0.15, 0.2) is 72.8 Å². The molecule has 25 heavy (non-hydrogen) atoms. The molecule has 0 amide bonds. The highest BCUT2D eigenvalue weighted by Crippen LogP contribution is 2.27. The van der Waals surface area contributed by atoms with Crippen molar-refractivity contribution in [1.29, 1.82) is 0 Å². The second kappa shape index (κ2) is 7.20. The van der Waals surface area contributed by atoms with Crippen LogP contribution in [-0.2, 0) is 0 Å². The van der Waals surface area contributed by atoms with Crippen LogP contribution in [0.5, 0.6) is 0 Å². The average molecular weight is 329 g/mol. The molecule has 126 valence electrons. The van der Waals surface area contributed by atoms with E-state index in [-0.39, 0.29) is 5.78 Å².